The number of aryl methyl sites for hydroxylation is 1. The first-order chi connectivity index (χ1) is 14.1. The molecule has 0 spiro atoms. The van der Waals surface area contributed by atoms with Gasteiger partial charge in [0.15, 0.2) is 0 Å². The summed E-state index contributed by atoms with van der Waals surface area (Å²) in [6.07, 6.45) is 5.08. The van der Waals surface area contributed by atoms with Gasteiger partial charge in [-0.1, -0.05) is 48.5 Å². The summed E-state index contributed by atoms with van der Waals surface area (Å²) in [5, 5.41) is 3.55. The van der Waals surface area contributed by atoms with Crippen LogP contribution in [0.5, 0.6) is 0 Å². The van der Waals surface area contributed by atoms with Crippen LogP contribution in [0, 0.1) is 0 Å². The lowest BCUT2D eigenvalue weighted by Crippen LogP contribution is -2.26. The number of aromatic nitrogens is 1. The average Bonchev–Trinajstić information content (AvgIpc) is 2.77. The zero-order valence-electron chi connectivity index (χ0n) is 16.2. The van der Waals surface area contributed by atoms with Gasteiger partial charge in [0.25, 0.3) is 0 Å². The van der Waals surface area contributed by atoms with Gasteiger partial charge in [0, 0.05) is 19.3 Å². The van der Waals surface area contributed by atoms with E-state index in [1.54, 1.807) is 18.2 Å². The molecule has 0 amide bonds. The number of fused-ring (bicyclic) bond motifs is 1. The predicted octanol–water partition coefficient (Wildman–Crippen LogP) is 3.73. The lowest BCUT2D eigenvalue weighted by atomic mass is 9.92. The van der Waals surface area contributed by atoms with Crippen LogP contribution in [0.25, 0.3) is 0 Å². The Balaban J connectivity index is 1.42. The Bertz CT molecular complexity index is 1070. The molecule has 2 N–H and O–H groups in total. The quantitative estimate of drug-likeness (QED) is 0.626. The van der Waals surface area contributed by atoms with Gasteiger partial charge < -0.3 is 5.32 Å². The first-order valence-corrected chi connectivity index (χ1v) is 11.4. The van der Waals surface area contributed by atoms with Crippen LogP contribution in [-0.4, -0.2) is 13.4 Å². The molecule has 3 aromatic rings. The second-order valence-corrected chi connectivity index (χ2v) is 9.10. The molecule has 0 fully saturated rings. The molecule has 1 aromatic heterocycles. The molecule has 0 radical (unpaired) electrons. The average molecular weight is 408 g/mol. The molecule has 0 saturated carbocycles. The normalized spacial score (nSPS) is 16.3. The van der Waals surface area contributed by atoms with Gasteiger partial charge in [-0.15, -0.1) is 0 Å². The fourth-order valence-electron chi connectivity index (χ4n) is 3.73. The molecule has 4 rings (SSSR count). The van der Waals surface area contributed by atoms with Crippen LogP contribution in [0.3, 0.4) is 0 Å². The maximum atomic E-state index is 12.7. The third kappa shape index (κ3) is 4.90. The van der Waals surface area contributed by atoms with Crippen molar-refractivity contribution in [3.63, 3.8) is 0 Å². The van der Waals surface area contributed by atoms with Crippen molar-refractivity contribution in [3.05, 3.63) is 95.3 Å². The fourth-order valence-corrected chi connectivity index (χ4v) is 4.82. The molecule has 0 saturated heterocycles. The van der Waals surface area contributed by atoms with Crippen LogP contribution < -0.4 is 10.0 Å². The van der Waals surface area contributed by atoms with Crippen LogP contribution in [0.15, 0.2) is 77.8 Å². The second-order valence-electron chi connectivity index (χ2n) is 7.33. The largest absolute Gasteiger partial charge is 0.305 e. The van der Waals surface area contributed by atoms with Crippen LogP contribution >= 0.6 is 0 Å². The fraction of sp³-hybridized carbons (Fsp3) is 0.261. The van der Waals surface area contributed by atoms with E-state index in [0.29, 0.717) is 6.54 Å². The summed E-state index contributed by atoms with van der Waals surface area (Å²) < 4.78 is 28.1. The van der Waals surface area contributed by atoms with Crippen molar-refractivity contribution in [1.82, 2.24) is 15.0 Å². The monoisotopic (exact) mass is 407 g/mol. The highest BCUT2D eigenvalue weighted by atomic mass is 32.2. The summed E-state index contributed by atoms with van der Waals surface area (Å²) in [7, 11) is -3.56. The number of nitrogens with zero attached hydrogens (tertiary/aromatic N) is 1. The molecule has 150 valence electrons. The smallest absolute Gasteiger partial charge is 0.240 e. The van der Waals surface area contributed by atoms with Gasteiger partial charge in [0.1, 0.15) is 0 Å². The van der Waals surface area contributed by atoms with Crippen molar-refractivity contribution >= 4 is 10.0 Å². The standard InChI is InChI=1S/C23H25N3O2S/c27-29(28,26-17-18-7-2-1-3-8-18)21-12-4-9-19(15-21)16-25-22-13-5-10-20-11-6-14-24-23(20)22/h1-4,6-9,11-12,14-15,22,25-26H,5,10,13,16-17H2. The van der Waals surface area contributed by atoms with Crippen molar-refractivity contribution < 1.29 is 8.42 Å². The topological polar surface area (TPSA) is 71.1 Å². The van der Waals surface area contributed by atoms with Gasteiger partial charge in [0.2, 0.25) is 10.0 Å². The van der Waals surface area contributed by atoms with E-state index in [4.69, 9.17) is 0 Å². The Labute approximate surface area is 172 Å². The van der Waals surface area contributed by atoms with Gasteiger partial charge in [0.05, 0.1) is 16.6 Å². The van der Waals surface area contributed by atoms with Crippen molar-refractivity contribution in [1.29, 1.82) is 0 Å². The number of nitrogens with one attached hydrogen (secondary N) is 2. The number of hydrogen-bond acceptors (Lipinski definition) is 4. The van der Waals surface area contributed by atoms with E-state index in [0.717, 1.165) is 36.1 Å². The highest BCUT2D eigenvalue weighted by Crippen LogP contribution is 2.28. The van der Waals surface area contributed by atoms with Crippen LogP contribution in [-0.2, 0) is 29.5 Å². The summed E-state index contributed by atoms with van der Waals surface area (Å²) in [6.45, 7) is 0.874. The Hall–Kier alpha value is -2.54. The molecule has 29 heavy (non-hydrogen) atoms. The van der Waals surface area contributed by atoms with E-state index in [1.165, 1.54) is 5.56 Å². The first-order valence-electron chi connectivity index (χ1n) is 9.91. The van der Waals surface area contributed by atoms with E-state index in [1.807, 2.05) is 48.7 Å². The zero-order valence-corrected chi connectivity index (χ0v) is 17.0. The minimum Gasteiger partial charge on any atom is -0.305 e. The molecule has 1 atom stereocenters. The van der Waals surface area contributed by atoms with E-state index < -0.39 is 10.0 Å². The van der Waals surface area contributed by atoms with Crippen LogP contribution in [0.1, 0.15) is 41.3 Å². The Kier molecular flexibility index (Phi) is 6.04. The molecule has 1 aliphatic rings. The van der Waals surface area contributed by atoms with E-state index in [9.17, 15) is 8.42 Å². The lowest BCUT2D eigenvalue weighted by Gasteiger charge is -2.25. The van der Waals surface area contributed by atoms with Crippen molar-refractivity contribution in [2.45, 2.75) is 43.3 Å². The van der Waals surface area contributed by atoms with E-state index in [2.05, 4.69) is 21.1 Å². The van der Waals surface area contributed by atoms with Gasteiger partial charge in [-0.2, -0.15) is 0 Å². The van der Waals surface area contributed by atoms with Gasteiger partial charge in [-0.3, -0.25) is 4.98 Å². The molecule has 0 bridgehead atoms. The highest BCUT2D eigenvalue weighted by Gasteiger charge is 2.21. The zero-order chi connectivity index (χ0) is 20.1. The van der Waals surface area contributed by atoms with Gasteiger partial charge >= 0.3 is 0 Å². The molecule has 1 heterocycles. The first kappa shape index (κ1) is 19.8. The Morgan fingerprint density at radius 1 is 0.931 bits per heavy atom. The van der Waals surface area contributed by atoms with Gasteiger partial charge in [-0.25, -0.2) is 13.1 Å². The lowest BCUT2D eigenvalue weighted by molar-refractivity contribution is 0.447. The van der Waals surface area contributed by atoms with Crippen LogP contribution in [0.4, 0.5) is 0 Å². The summed E-state index contributed by atoms with van der Waals surface area (Å²) in [5.41, 5.74) is 4.29. The minimum absolute atomic E-state index is 0.205. The Morgan fingerprint density at radius 2 is 1.76 bits per heavy atom. The predicted molar refractivity (Wildman–Crippen MR) is 114 cm³/mol. The minimum atomic E-state index is -3.56. The molecule has 0 aliphatic heterocycles. The molecule has 1 aliphatic carbocycles. The third-order valence-corrected chi connectivity index (χ3v) is 6.66. The molecular weight excluding hydrogens is 382 g/mol. The summed E-state index contributed by atoms with van der Waals surface area (Å²) >= 11 is 0. The summed E-state index contributed by atoms with van der Waals surface area (Å²) in [6, 6.07) is 21.0. The van der Waals surface area contributed by atoms with Crippen molar-refractivity contribution in [2.24, 2.45) is 0 Å². The maximum Gasteiger partial charge on any atom is 0.240 e. The molecule has 5 nitrogen and oxygen atoms in total. The third-order valence-electron chi connectivity index (χ3n) is 5.27. The number of benzene rings is 2. The van der Waals surface area contributed by atoms with Crippen molar-refractivity contribution in [2.75, 3.05) is 0 Å². The molecule has 1 unspecified atom stereocenters. The Morgan fingerprint density at radius 3 is 2.62 bits per heavy atom. The highest BCUT2D eigenvalue weighted by molar-refractivity contribution is 7.89. The van der Waals surface area contributed by atoms with E-state index in [-0.39, 0.29) is 17.5 Å². The number of sulfonamides is 1. The number of hydrogen-bond donors (Lipinski definition) is 2. The van der Waals surface area contributed by atoms with Gasteiger partial charge in [-0.05, 0) is 54.2 Å². The second kappa shape index (κ2) is 8.86. The summed E-state index contributed by atoms with van der Waals surface area (Å²) in [4.78, 5) is 4.84. The maximum absolute atomic E-state index is 12.7. The number of rotatable bonds is 7. The van der Waals surface area contributed by atoms with Crippen LogP contribution in [0.2, 0.25) is 0 Å². The SMILES string of the molecule is O=S(=O)(NCc1ccccc1)c1cccc(CNC2CCCc3cccnc32)c1. The molecular formula is C23H25N3O2S. The number of pyridine rings is 1. The summed E-state index contributed by atoms with van der Waals surface area (Å²) in [5.74, 6) is 0. The van der Waals surface area contributed by atoms with E-state index >= 15 is 0 Å². The molecule has 2 aromatic carbocycles. The van der Waals surface area contributed by atoms with Crippen molar-refractivity contribution in [3.8, 4) is 0 Å². The molecule has 6 heteroatoms.